The first-order chi connectivity index (χ1) is 10.4. The van der Waals surface area contributed by atoms with E-state index in [0.29, 0.717) is 6.54 Å². The van der Waals surface area contributed by atoms with Crippen molar-refractivity contribution in [2.45, 2.75) is 36.1 Å². The minimum absolute atomic E-state index is 0.0692. The summed E-state index contributed by atoms with van der Waals surface area (Å²) in [5.74, 6) is -0.331. The third kappa shape index (κ3) is 3.63. The zero-order valence-corrected chi connectivity index (χ0v) is 13.5. The maximum Gasteiger partial charge on any atom is 0.244 e. The Morgan fingerprint density at radius 3 is 2.68 bits per heavy atom. The second-order valence-corrected chi connectivity index (χ2v) is 7.73. The van der Waals surface area contributed by atoms with Crippen LogP contribution in [0, 0.1) is 0 Å². The highest BCUT2D eigenvalue weighted by atomic mass is 32.2. The van der Waals surface area contributed by atoms with Crippen LogP contribution in [0.4, 0.5) is 0 Å². The van der Waals surface area contributed by atoms with Gasteiger partial charge in [0.05, 0.1) is 12.1 Å². The molecular formula is C14H22N4O3S. The van der Waals surface area contributed by atoms with Crippen LogP contribution >= 0.6 is 0 Å². The number of nitrogens with one attached hydrogen (secondary N) is 1. The van der Waals surface area contributed by atoms with Crippen molar-refractivity contribution < 1.29 is 13.2 Å². The molecule has 1 aliphatic carbocycles. The zero-order valence-electron chi connectivity index (χ0n) is 12.7. The van der Waals surface area contributed by atoms with Crippen LogP contribution in [0.25, 0.3) is 0 Å². The first kappa shape index (κ1) is 16.9. The van der Waals surface area contributed by atoms with Crippen molar-refractivity contribution in [3.05, 3.63) is 24.5 Å². The number of sulfonamides is 1. The fourth-order valence-corrected chi connectivity index (χ4v) is 3.83. The van der Waals surface area contributed by atoms with Gasteiger partial charge >= 0.3 is 0 Å². The van der Waals surface area contributed by atoms with Crippen molar-refractivity contribution in [2.24, 2.45) is 5.73 Å². The molecule has 0 aromatic carbocycles. The average molecular weight is 326 g/mol. The van der Waals surface area contributed by atoms with E-state index in [-0.39, 0.29) is 22.9 Å². The standard InChI is InChI=1S/C14H22N4O3S/c1-18(22(20,21)12-5-4-8-16-9-12)10-13(19)17-14(11-15)6-2-3-7-14/h4-5,8-9H,2-3,6-7,10-11,15H2,1H3,(H,17,19). The van der Waals surface area contributed by atoms with E-state index in [1.807, 2.05) is 0 Å². The molecular weight excluding hydrogens is 304 g/mol. The quantitative estimate of drug-likeness (QED) is 0.771. The molecule has 8 heteroatoms. The number of amides is 1. The van der Waals surface area contributed by atoms with Gasteiger partial charge in [0, 0.05) is 26.0 Å². The lowest BCUT2D eigenvalue weighted by Crippen LogP contribution is -2.54. The van der Waals surface area contributed by atoms with Crippen LogP contribution in [-0.4, -0.2) is 49.3 Å². The predicted octanol–water partition coefficient (Wildman–Crippen LogP) is 0.0898. The van der Waals surface area contributed by atoms with Crippen molar-refractivity contribution in [3.63, 3.8) is 0 Å². The van der Waals surface area contributed by atoms with Crippen LogP contribution < -0.4 is 11.1 Å². The smallest absolute Gasteiger partial charge is 0.244 e. The summed E-state index contributed by atoms with van der Waals surface area (Å²) in [7, 11) is -2.33. The van der Waals surface area contributed by atoms with Crippen molar-refractivity contribution in [3.8, 4) is 0 Å². The van der Waals surface area contributed by atoms with E-state index in [1.165, 1.54) is 25.5 Å². The Hall–Kier alpha value is -1.51. The summed E-state index contributed by atoms with van der Waals surface area (Å²) < 4.78 is 25.7. The molecule has 0 saturated heterocycles. The molecule has 1 aliphatic rings. The third-order valence-electron chi connectivity index (χ3n) is 4.06. The van der Waals surface area contributed by atoms with E-state index in [0.717, 1.165) is 30.0 Å². The van der Waals surface area contributed by atoms with Crippen LogP contribution in [0.1, 0.15) is 25.7 Å². The van der Waals surface area contributed by atoms with Gasteiger partial charge in [0.1, 0.15) is 4.90 Å². The molecule has 0 radical (unpaired) electrons. The number of nitrogens with zero attached hydrogens (tertiary/aromatic N) is 2. The molecule has 1 amide bonds. The van der Waals surface area contributed by atoms with Gasteiger partial charge in [-0.2, -0.15) is 4.31 Å². The second kappa shape index (κ2) is 6.72. The summed E-state index contributed by atoms with van der Waals surface area (Å²) in [5, 5.41) is 2.91. The third-order valence-corrected chi connectivity index (χ3v) is 5.85. The number of nitrogens with two attached hydrogens (primary N) is 1. The van der Waals surface area contributed by atoms with Crippen molar-refractivity contribution in [1.82, 2.24) is 14.6 Å². The van der Waals surface area contributed by atoms with Crippen LogP contribution in [0.15, 0.2) is 29.4 Å². The summed E-state index contributed by atoms with van der Waals surface area (Å²) in [6.07, 6.45) is 6.50. The SMILES string of the molecule is CN(CC(=O)NC1(CN)CCCC1)S(=O)(=O)c1cccnc1. The van der Waals surface area contributed by atoms with Gasteiger partial charge in [-0.15, -0.1) is 0 Å². The maximum atomic E-state index is 12.3. The number of pyridine rings is 1. The summed E-state index contributed by atoms with van der Waals surface area (Å²) in [4.78, 5) is 16.0. The molecule has 0 unspecified atom stereocenters. The van der Waals surface area contributed by atoms with Gasteiger partial charge in [-0.25, -0.2) is 8.42 Å². The monoisotopic (exact) mass is 326 g/mol. The van der Waals surface area contributed by atoms with Crippen molar-refractivity contribution in [1.29, 1.82) is 0 Å². The lowest BCUT2D eigenvalue weighted by atomic mass is 9.98. The molecule has 0 atom stereocenters. The molecule has 0 aliphatic heterocycles. The molecule has 1 heterocycles. The number of aromatic nitrogens is 1. The number of carbonyl (C=O) groups is 1. The maximum absolute atomic E-state index is 12.3. The zero-order chi connectivity index (χ0) is 16.2. The Bertz CT molecular complexity index is 612. The lowest BCUT2D eigenvalue weighted by Gasteiger charge is -2.29. The van der Waals surface area contributed by atoms with Crippen LogP contribution in [0.2, 0.25) is 0 Å². The highest BCUT2D eigenvalue weighted by Gasteiger charge is 2.34. The number of hydrogen-bond donors (Lipinski definition) is 2. The number of rotatable bonds is 6. The molecule has 3 N–H and O–H groups in total. The molecule has 1 saturated carbocycles. The Morgan fingerprint density at radius 1 is 1.45 bits per heavy atom. The fourth-order valence-electron chi connectivity index (χ4n) is 2.73. The summed E-state index contributed by atoms with van der Waals surface area (Å²) >= 11 is 0. The van der Waals surface area contributed by atoms with E-state index in [1.54, 1.807) is 6.07 Å². The molecule has 1 fully saturated rings. The van der Waals surface area contributed by atoms with Gasteiger partial charge in [0.25, 0.3) is 0 Å². The van der Waals surface area contributed by atoms with Gasteiger partial charge < -0.3 is 11.1 Å². The molecule has 2 rings (SSSR count). The lowest BCUT2D eigenvalue weighted by molar-refractivity contribution is -0.122. The van der Waals surface area contributed by atoms with Gasteiger partial charge in [0.15, 0.2) is 0 Å². The predicted molar refractivity (Wildman–Crippen MR) is 82.4 cm³/mol. The number of likely N-dealkylation sites (N-methyl/N-ethyl adjacent to an activating group) is 1. The normalized spacial score (nSPS) is 17.6. The minimum atomic E-state index is -3.72. The molecule has 1 aromatic heterocycles. The Kier molecular flexibility index (Phi) is 5.15. The molecule has 7 nitrogen and oxygen atoms in total. The topological polar surface area (TPSA) is 105 Å². The Morgan fingerprint density at radius 2 is 2.14 bits per heavy atom. The highest BCUT2D eigenvalue weighted by molar-refractivity contribution is 7.89. The van der Waals surface area contributed by atoms with E-state index in [2.05, 4.69) is 10.3 Å². The van der Waals surface area contributed by atoms with E-state index >= 15 is 0 Å². The summed E-state index contributed by atoms with van der Waals surface area (Å²) in [5.41, 5.74) is 5.39. The van der Waals surface area contributed by atoms with Crippen LogP contribution in [-0.2, 0) is 14.8 Å². The second-order valence-electron chi connectivity index (χ2n) is 5.69. The molecule has 0 spiro atoms. The molecule has 0 bridgehead atoms. The van der Waals surface area contributed by atoms with Crippen LogP contribution in [0.5, 0.6) is 0 Å². The van der Waals surface area contributed by atoms with Gasteiger partial charge in [-0.3, -0.25) is 9.78 Å². The first-order valence-corrected chi connectivity index (χ1v) is 8.71. The summed E-state index contributed by atoms with van der Waals surface area (Å²) in [6.45, 7) is 0.136. The molecule has 22 heavy (non-hydrogen) atoms. The van der Waals surface area contributed by atoms with Gasteiger partial charge in [-0.05, 0) is 25.0 Å². The van der Waals surface area contributed by atoms with E-state index in [4.69, 9.17) is 5.73 Å². The number of hydrogen-bond acceptors (Lipinski definition) is 5. The fraction of sp³-hybridized carbons (Fsp3) is 0.571. The first-order valence-electron chi connectivity index (χ1n) is 7.27. The van der Waals surface area contributed by atoms with Gasteiger partial charge in [-0.1, -0.05) is 12.8 Å². The highest BCUT2D eigenvalue weighted by Crippen LogP contribution is 2.28. The minimum Gasteiger partial charge on any atom is -0.348 e. The summed E-state index contributed by atoms with van der Waals surface area (Å²) in [6, 6.07) is 3.00. The van der Waals surface area contributed by atoms with Crippen LogP contribution in [0.3, 0.4) is 0 Å². The Balaban J connectivity index is 2.02. The number of carbonyl (C=O) groups excluding carboxylic acids is 1. The van der Waals surface area contributed by atoms with Crippen molar-refractivity contribution in [2.75, 3.05) is 20.1 Å². The largest absolute Gasteiger partial charge is 0.348 e. The average Bonchev–Trinajstić information content (AvgIpc) is 2.97. The molecule has 122 valence electrons. The van der Waals surface area contributed by atoms with E-state index < -0.39 is 10.0 Å². The van der Waals surface area contributed by atoms with Gasteiger partial charge in [0.2, 0.25) is 15.9 Å². The van der Waals surface area contributed by atoms with Crippen molar-refractivity contribution >= 4 is 15.9 Å². The van der Waals surface area contributed by atoms with E-state index in [9.17, 15) is 13.2 Å². The Labute approximate surface area is 131 Å². The molecule has 1 aromatic rings.